The minimum atomic E-state index is -1.09. The van der Waals surface area contributed by atoms with Gasteiger partial charge in [-0.05, 0) is 28.1 Å². The van der Waals surface area contributed by atoms with Crippen molar-refractivity contribution in [3.63, 3.8) is 0 Å². The first kappa shape index (κ1) is 14.7. The number of hydrogen-bond acceptors (Lipinski definition) is 2. The summed E-state index contributed by atoms with van der Waals surface area (Å²) in [5.41, 5.74) is 0.258. The van der Waals surface area contributed by atoms with Gasteiger partial charge in [0, 0.05) is 11.0 Å². The number of rotatable bonds is 5. The molecule has 0 aliphatic rings. The minimum absolute atomic E-state index is 0.147. The molecule has 0 aromatic heterocycles. The van der Waals surface area contributed by atoms with Gasteiger partial charge in [0.15, 0.2) is 0 Å². The number of benzene rings is 1. The maximum atomic E-state index is 12.2. The van der Waals surface area contributed by atoms with Crippen LogP contribution in [0.3, 0.4) is 0 Å². The van der Waals surface area contributed by atoms with Crippen molar-refractivity contribution in [1.29, 1.82) is 0 Å². The van der Waals surface area contributed by atoms with Crippen LogP contribution in [0.15, 0.2) is 35.3 Å². The van der Waals surface area contributed by atoms with Gasteiger partial charge in [-0.3, -0.25) is 9.59 Å². The summed E-state index contributed by atoms with van der Waals surface area (Å²) in [5.74, 6) is -1.53. The Labute approximate surface area is 118 Å². The van der Waals surface area contributed by atoms with Gasteiger partial charge in [0.05, 0.1) is 10.6 Å². The van der Waals surface area contributed by atoms with E-state index in [1.165, 1.54) is 6.08 Å². The van der Waals surface area contributed by atoms with E-state index in [9.17, 15) is 9.59 Å². The third-order valence-corrected chi connectivity index (χ3v) is 3.44. The van der Waals surface area contributed by atoms with Crippen molar-refractivity contribution in [2.45, 2.75) is 0 Å². The lowest BCUT2D eigenvalue weighted by Gasteiger charge is -2.19. The highest BCUT2D eigenvalue weighted by Gasteiger charge is 2.20. The molecule has 18 heavy (non-hydrogen) atoms. The van der Waals surface area contributed by atoms with Crippen molar-refractivity contribution in [2.24, 2.45) is 0 Å². The summed E-state index contributed by atoms with van der Waals surface area (Å²) >= 11 is 9.22. The number of aliphatic carboxylic acids is 1. The van der Waals surface area contributed by atoms with Gasteiger partial charge in [-0.15, -0.1) is 6.58 Å². The molecule has 6 heteroatoms. The van der Waals surface area contributed by atoms with Crippen molar-refractivity contribution < 1.29 is 14.7 Å². The molecule has 0 unspecified atom stereocenters. The Morgan fingerprint density at radius 2 is 2.17 bits per heavy atom. The Morgan fingerprint density at radius 3 is 2.72 bits per heavy atom. The highest BCUT2D eigenvalue weighted by atomic mass is 79.9. The molecular formula is C12H11BrClNO3. The smallest absolute Gasteiger partial charge is 0.323 e. The normalized spacial score (nSPS) is 9.89. The Morgan fingerprint density at radius 1 is 1.50 bits per heavy atom. The molecule has 1 amide bonds. The topological polar surface area (TPSA) is 57.6 Å². The van der Waals surface area contributed by atoms with Gasteiger partial charge >= 0.3 is 5.97 Å². The van der Waals surface area contributed by atoms with Gasteiger partial charge in [-0.2, -0.15) is 0 Å². The third kappa shape index (κ3) is 3.58. The van der Waals surface area contributed by atoms with E-state index in [2.05, 4.69) is 22.5 Å². The Kier molecular flexibility index (Phi) is 5.37. The molecule has 1 N–H and O–H groups in total. The second kappa shape index (κ2) is 6.56. The quantitative estimate of drug-likeness (QED) is 0.844. The second-order valence-corrected chi connectivity index (χ2v) is 4.70. The number of amides is 1. The van der Waals surface area contributed by atoms with Gasteiger partial charge < -0.3 is 10.0 Å². The highest BCUT2D eigenvalue weighted by molar-refractivity contribution is 9.10. The first-order valence-corrected chi connectivity index (χ1v) is 6.20. The molecule has 0 aliphatic carbocycles. The first-order valence-electron chi connectivity index (χ1n) is 5.03. The largest absolute Gasteiger partial charge is 0.480 e. The number of carbonyl (C=O) groups is 2. The van der Waals surface area contributed by atoms with Gasteiger partial charge in [0.1, 0.15) is 6.54 Å². The number of carboxylic acid groups (broad SMARTS) is 1. The zero-order valence-corrected chi connectivity index (χ0v) is 11.7. The molecule has 0 saturated carbocycles. The van der Waals surface area contributed by atoms with Gasteiger partial charge in [0.2, 0.25) is 0 Å². The summed E-state index contributed by atoms with van der Waals surface area (Å²) in [5, 5.41) is 9.03. The van der Waals surface area contributed by atoms with Crippen molar-refractivity contribution in [2.75, 3.05) is 13.1 Å². The van der Waals surface area contributed by atoms with E-state index in [4.69, 9.17) is 16.7 Å². The Balaban J connectivity index is 3.05. The average Bonchev–Trinajstić information content (AvgIpc) is 2.31. The van der Waals surface area contributed by atoms with Crippen LogP contribution in [0.25, 0.3) is 0 Å². The predicted octanol–water partition coefficient (Wildman–Crippen LogP) is 2.82. The fourth-order valence-corrected chi connectivity index (χ4v) is 1.95. The van der Waals surface area contributed by atoms with Crippen LogP contribution in [0.5, 0.6) is 0 Å². The molecule has 0 heterocycles. The monoisotopic (exact) mass is 331 g/mol. The van der Waals surface area contributed by atoms with Gasteiger partial charge in [0.25, 0.3) is 5.91 Å². The van der Waals surface area contributed by atoms with Crippen LogP contribution in [0.1, 0.15) is 10.4 Å². The van der Waals surface area contributed by atoms with Crippen LogP contribution in [0.2, 0.25) is 5.02 Å². The fraction of sp³-hybridized carbons (Fsp3) is 0.167. The maximum absolute atomic E-state index is 12.2. The van der Waals surface area contributed by atoms with Crippen molar-refractivity contribution >= 4 is 39.4 Å². The standard InChI is InChI=1S/C12H11BrClNO3/c1-2-6-15(7-10(16)17)12(18)8-4-3-5-9(13)11(8)14/h2-5H,1,6-7H2,(H,16,17). The van der Waals surface area contributed by atoms with E-state index in [0.717, 1.165) is 4.90 Å². The van der Waals surface area contributed by atoms with E-state index in [-0.39, 0.29) is 17.1 Å². The van der Waals surface area contributed by atoms with Gasteiger partial charge in [-0.25, -0.2) is 0 Å². The first-order chi connectivity index (χ1) is 8.47. The predicted molar refractivity (Wildman–Crippen MR) is 72.9 cm³/mol. The lowest BCUT2D eigenvalue weighted by Crippen LogP contribution is -2.35. The molecule has 0 atom stereocenters. The van der Waals surface area contributed by atoms with Crippen LogP contribution < -0.4 is 0 Å². The Hall–Kier alpha value is -1.33. The van der Waals surface area contributed by atoms with E-state index in [1.807, 2.05) is 0 Å². The average molecular weight is 333 g/mol. The molecule has 0 bridgehead atoms. The van der Waals surface area contributed by atoms with Crippen LogP contribution >= 0.6 is 27.5 Å². The zero-order valence-electron chi connectivity index (χ0n) is 9.40. The van der Waals surface area contributed by atoms with E-state index in [0.29, 0.717) is 4.47 Å². The minimum Gasteiger partial charge on any atom is -0.480 e. The lowest BCUT2D eigenvalue weighted by molar-refractivity contribution is -0.137. The maximum Gasteiger partial charge on any atom is 0.323 e. The molecule has 0 fully saturated rings. The molecule has 1 aromatic rings. The van der Waals surface area contributed by atoms with E-state index in [1.54, 1.807) is 18.2 Å². The molecule has 0 radical (unpaired) electrons. The van der Waals surface area contributed by atoms with Crippen LogP contribution in [0, 0.1) is 0 Å². The van der Waals surface area contributed by atoms with Crippen LogP contribution in [-0.2, 0) is 4.79 Å². The lowest BCUT2D eigenvalue weighted by atomic mass is 10.2. The summed E-state index contributed by atoms with van der Waals surface area (Å²) in [7, 11) is 0. The Bertz CT molecular complexity index is 490. The molecule has 4 nitrogen and oxygen atoms in total. The SMILES string of the molecule is C=CCN(CC(=O)O)C(=O)c1cccc(Br)c1Cl. The van der Waals surface area contributed by atoms with Crippen LogP contribution in [-0.4, -0.2) is 35.0 Å². The molecule has 1 rings (SSSR count). The summed E-state index contributed by atoms with van der Waals surface area (Å²) in [6.07, 6.45) is 1.47. The number of hydrogen-bond donors (Lipinski definition) is 1. The molecule has 96 valence electrons. The van der Waals surface area contributed by atoms with Crippen molar-refractivity contribution in [1.82, 2.24) is 4.90 Å². The number of carboxylic acids is 1. The summed E-state index contributed by atoms with van der Waals surface area (Å²) in [6.45, 7) is 3.25. The number of halogens is 2. The van der Waals surface area contributed by atoms with E-state index >= 15 is 0 Å². The van der Waals surface area contributed by atoms with E-state index < -0.39 is 18.4 Å². The summed E-state index contributed by atoms with van der Waals surface area (Å²) in [4.78, 5) is 24.0. The van der Waals surface area contributed by atoms with Crippen molar-refractivity contribution in [3.05, 3.63) is 45.9 Å². The highest BCUT2D eigenvalue weighted by Crippen LogP contribution is 2.26. The van der Waals surface area contributed by atoms with Crippen molar-refractivity contribution in [3.8, 4) is 0 Å². The van der Waals surface area contributed by atoms with Gasteiger partial charge in [-0.1, -0.05) is 23.7 Å². The fourth-order valence-electron chi connectivity index (χ4n) is 1.38. The van der Waals surface area contributed by atoms with Crippen LogP contribution in [0.4, 0.5) is 0 Å². The number of nitrogens with zero attached hydrogens (tertiary/aromatic N) is 1. The molecule has 0 spiro atoms. The summed E-state index contributed by atoms with van der Waals surface area (Å²) < 4.78 is 0.587. The third-order valence-electron chi connectivity index (χ3n) is 2.14. The molecular weight excluding hydrogens is 321 g/mol. The molecule has 0 saturated heterocycles. The number of carbonyl (C=O) groups excluding carboxylic acids is 1. The molecule has 0 aliphatic heterocycles. The molecule has 1 aromatic carbocycles. The summed E-state index contributed by atoms with van der Waals surface area (Å²) in [6, 6.07) is 4.91. The second-order valence-electron chi connectivity index (χ2n) is 3.47. The zero-order chi connectivity index (χ0) is 13.7.